The second kappa shape index (κ2) is 6.67. The van der Waals surface area contributed by atoms with Gasteiger partial charge in [0, 0.05) is 16.8 Å². The number of rotatable bonds is 3. The topological polar surface area (TPSA) is 81.0 Å². The molecule has 126 valence electrons. The van der Waals surface area contributed by atoms with Crippen molar-refractivity contribution in [1.29, 1.82) is 5.26 Å². The number of esters is 1. The summed E-state index contributed by atoms with van der Waals surface area (Å²) >= 11 is 5.53. The van der Waals surface area contributed by atoms with Crippen LogP contribution in [0.3, 0.4) is 0 Å². The van der Waals surface area contributed by atoms with E-state index in [4.69, 9.17) is 22.6 Å². The molecule has 0 amide bonds. The zero-order chi connectivity index (χ0) is 18.1. The van der Waals surface area contributed by atoms with Crippen LogP contribution in [-0.2, 0) is 4.74 Å². The van der Waals surface area contributed by atoms with Crippen molar-refractivity contribution in [1.82, 2.24) is 4.57 Å². The van der Waals surface area contributed by atoms with Gasteiger partial charge in [-0.3, -0.25) is 0 Å². The number of nitrogens with zero attached hydrogens (tertiary/aromatic N) is 2. The van der Waals surface area contributed by atoms with E-state index >= 15 is 0 Å². The molecule has 1 aromatic heterocycles. The summed E-state index contributed by atoms with van der Waals surface area (Å²) in [6.07, 6.45) is 1.28. The third-order valence-electron chi connectivity index (χ3n) is 2.96. The molecule has 0 radical (unpaired) electrons. The first-order valence-electron chi connectivity index (χ1n) is 6.23. The highest BCUT2D eigenvalue weighted by Crippen LogP contribution is 2.41. The maximum atomic E-state index is 12.4. The van der Waals surface area contributed by atoms with Gasteiger partial charge in [0.05, 0.1) is 23.4 Å². The number of ether oxygens (including phenoxy) is 1. The number of methoxy groups -OCH3 is 1. The first-order valence-corrected chi connectivity index (χ1v) is 7.42. The van der Waals surface area contributed by atoms with E-state index in [1.54, 1.807) is 0 Å². The van der Waals surface area contributed by atoms with Crippen molar-refractivity contribution in [3.8, 4) is 11.8 Å². The molecule has 0 atom stereocenters. The number of hydrogen-bond donors (Lipinski definition) is 1. The molecule has 2 N–H and O–H groups in total. The van der Waals surface area contributed by atoms with E-state index in [9.17, 15) is 18.0 Å². The van der Waals surface area contributed by atoms with E-state index in [0.29, 0.717) is 0 Å². The van der Waals surface area contributed by atoms with Crippen molar-refractivity contribution < 1.29 is 22.7 Å². The number of nitrogens with two attached hydrogens (primary N) is 1. The molecule has 0 aliphatic carbocycles. The van der Waals surface area contributed by atoms with E-state index in [-0.39, 0.29) is 44.3 Å². The Morgan fingerprint density at radius 1 is 1.46 bits per heavy atom. The summed E-state index contributed by atoms with van der Waals surface area (Å²) in [5.74, 6) is -0.793. The minimum Gasteiger partial charge on any atom is -0.464 e. The minimum atomic E-state index is -4.48. The van der Waals surface area contributed by atoms with E-state index in [1.165, 1.54) is 29.0 Å². The Labute approximate surface area is 143 Å². The average Bonchev–Trinajstić information content (AvgIpc) is 2.84. The summed E-state index contributed by atoms with van der Waals surface area (Å²) in [7, 11) is 1.14. The number of aromatic nitrogens is 1. The first kappa shape index (κ1) is 18.0. The Morgan fingerprint density at radius 2 is 2.12 bits per heavy atom. The summed E-state index contributed by atoms with van der Waals surface area (Å²) in [6, 6.07) is 5.55. The standard InChI is InChI=1S/C14H9ClF3N3O2S/c1-23-13(22)12-11(20)7(5-19)6-21(12)8-2-3-10(9(15)4-8)24-14(16,17)18/h2-4,6H,20H2,1H3. The zero-order valence-electron chi connectivity index (χ0n) is 12.0. The largest absolute Gasteiger partial charge is 0.464 e. The molecule has 0 aliphatic heterocycles. The molecule has 1 heterocycles. The summed E-state index contributed by atoms with van der Waals surface area (Å²) in [5.41, 5.74) is 1.37. The summed E-state index contributed by atoms with van der Waals surface area (Å²) < 4.78 is 43.2. The quantitative estimate of drug-likeness (QED) is 0.648. The number of nitrogen functional groups attached to an aromatic ring is 1. The van der Waals surface area contributed by atoms with Crippen molar-refractivity contribution in [2.24, 2.45) is 0 Å². The number of halogens is 4. The number of carbonyl (C=O) groups is 1. The van der Waals surface area contributed by atoms with Crippen LogP contribution in [0.2, 0.25) is 5.02 Å². The van der Waals surface area contributed by atoms with Crippen LogP contribution < -0.4 is 5.73 Å². The van der Waals surface area contributed by atoms with Gasteiger partial charge in [0.25, 0.3) is 0 Å². The molecule has 0 saturated carbocycles. The Hall–Kier alpha value is -2.31. The highest BCUT2D eigenvalue weighted by atomic mass is 35.5. The van der Waals surface area contributed by atoms with Crippen molar-refractivity contribution in [2.45, 2.75) is 10.4 Å². The van der Waals surface area contributed by atoms with Gasteiger partial charge in [-0.15, -0.1) is 0 Å². The highest BCUT2D eigenvalue weighted by Gasteiger charge is 2.30. The van der Waals surface area contributed by atoms with Crippen LogP contribution in [0, 0.1) is 11.3 Å². The molecular weight excluding hydrogens is 367 g/mol. The lowest BCUT2D eigenvalue weighted by molar-refractivity contribution is -0.0328. The SMILES string of the molecule is COC(=O)c1c(N)c(C#N)cn1-c1ccc(SC(F)(F)F)c(Cl)c1. The molecule has 0 unspecified atom stereocenters. The van der Waals surface area contributed by atoms with Gasteiger partial charge in [0.1, 0.15) is 6.07 Å². The van der Waals surface area contributed by atoms with E-state index in [2.05, 4.69) is 4.74 Å². The molecule has 0 bridgehead atoms. The Bertz CT molecular complexity index is 843. The summed E-state index contributed by atoms with van der Waals surface area (Å²) in [5, 5.41) is 8.88. The van der Waals surface area contributed by atoms with Crippen molar-refractivity contribution >= 4 is 35.0 Å². The van der Waals surface area contributed by atoms with Crippen LogP contribution in [0.25, 0.3) is 5.69 Å². The zero-order valence-corrected chi connectivity index (χ0v) is 13.6. The predicted molar refractivity (Wildman–Crippen MR) is 83.2 cm³/mol. The number of anilines is 1. The molecule has 0 spiro atoms. The maximum Gasteiger partial charge on any atom is 0.446 e. The van der Waals surface area contributed by atoms with Gasteiger partial charge in [-0.05, 0) is 30.0 Å². The van der Waals surface area contributed by atoms with Gasteiger partial charge in [-0.2, -0.15) is 18.4 Å². The van der Waals surface area contributed by atoms with Crippen LogP contribution in [0.4, 0.5) is 18.9 Å². The molecule has 0 fully saturated rings. The van der Waals surface area contributed by atoms with E-state index < -0.39 is 11.5 Å². The molecule has 5 nitrogen and oxygen atoms in total. The van der Waals surface area contributed by atoms with Gasteiger partial charge in [0.15, 0.2) is 5.69 Å². The third-order valence-corrected chi connectivity index (χ3v) is 4.20. The van der Waals surface area contributed by atoms with Crippen molar-refractivity contribution in [2.75, 3.05) is 12.8 Å². The van der Waals surface area contributed by atoms with Gasteiger partial charge < -0.3 is 15.0 Å². The first-order chi connectivity index (χ1) is 11.2. The lowest BCUT2D eigenvalue weighted by Gasteiger charge is -2.11. The van der Waals surface area contributed by atoms with E-state index in [1.807, 2.05) is 6.07 Å². The number of alkyl halides is 3. The number of nitriles is 1. The van der Waals surface area contributed by atoms with Gasteiger partial charge in [0.2, 0.25) is 0 Å². The monoisotopic (exact) mass is 375 g/mol. The minimum absolute atomic E-state index is 0.0280. The van der Waals surface area contributed by atoms with Crippen LogP contribution in [0.1, 0.15) is 16.1 Å². The van der Waals surface area contributed by atoms with Crippen LogP contribution in [0.5, 0.6) is 0 Å². The highest BCUT2D eigenvalue weighted by molar-refractivity contribution is 8.00. The number of carbonyl (C=O) groups excluding carboxylic acids is 1. The normalized spacial score (nSPS) is 11.2. The molecule has 2 rings (SSSR count). The summed E-state index contributed by atoms with van der Waals surface area (Å²) in [4.78, 5) is 11.7. The van der Waals surface area contributed by atoms with Crippen LogP contribution in [0.15, 0.2) is 29.3 Å². The molecule has 0 saturated heterocycles. The van der Waals surface area contributed by atoms with Crippen LogP contribution in [-0.4, -0.2) is 23.2 Å². The number of thioether (sulfide) groups is 1. The Morgan fingerprint density at radius 3 is 2.62 bits per heavy atom. The van der Waals surface area contributed by atoms with Gasteiger partial charge in [-0.25, -0.2) is 4.79 Å². The number of benzene rings is 1. The molecule has 2 aromatic rings. The van der Waals surface area contributed by atoms with Crippen LogP contribution >= 0.6 is 23.4 Å². The second-order valence-electron chi connectivity index (χ2n) is 4.44. The Balaban J connectivity index is 2.55. The average molecular weight is 376 g/mol. The smallest absolute Gasteiger partial charge is 0.446 e. The Kier molecular flexibility index (Phi) is 5.01. The van der Waals surface area contributed by atoms with E-state index in [0.717, 1.165) is 7.11 Å². The molecule has 0 aliphatic rings. The van der Waals surface area contributed by atoms with Crippen molar-refractivity contribution in [3.63, 3.8) is 0 Å². The molecule has 24 heavy (non-hydrogen) atoms. The van der Waals surface area contributed by atoms with Gasteiger partial charge in [-0.1, -0.05) is 11.6 Å². The van der Waals surface area contributed by atoms with Gasteiger partial charge >= 0.3 is 11.5 Å². The molecule has 1 aromatic carbocycles. The number of hydrogen-bond acceptors (Lipinski definition) is 5. The molecular formula is C14H9ClF3N3O2S. The van der Waals surface area contributed by atoms with Crippen molar-refractivity contribution in [3.05, 3.63) is 40.7 Å². The lowest BCUT2D eigenvalue weighted by atomic mass is 10.2. The fourth-order valence-electron chi connectivity index (χ4n) is 1.97. The lowest BCUT2D eigenvalue weighted by Crippen LogP contribution is -2.11. The predicted octanol–water partition coefficient (Wildman–Crippen LogP) is 3.98. The maximum absolute atomic E-state index is 12.4. The third kappa shape index (κ3) is 3.60. The summed E-state index contributed by atoms with van der Waals surface area (Å²) in [6.45, 7) is 0. The second-order valence-corrected chi connectivity index (χ2v) is 5.96. The fraction of sp³-hybridized carbons (Fsp3) is 0.143. The fourth-order valence-corrected chi connectivity index (χ4v) is 2.80. The molecule has 10 heteroatoms.